The van der Waals surface area contributed by atoms with Gasteiger partial charge in [-0.25, -0.2) is 9.59 Å². The smallest absolute Gasteiger partial charge is 0.336 e. The first kappa shape index (κ1) is 21.8. The molecule has 7 heteroatoms. The summed E-state index contributed by atoms with van der Waals surface area (Å²) in [5, 5.41) is 36.3. The Balaban J connectivity index is 3.78. The summed E-state index contributed by atoms with van der Waals surface area (Å²) in [5.74, 6) is -3.24. The molecule has 0 fully saturated rings. The van der Waals surface area contributed by atoms with E-state index in [1.807, 2.05) is 0 Å². The van der Waals surface area contributed by atoms with Gasteiger partial charge in [-0.15, -0.1) is 0 Å². The minimum Gasteiger partial charge on any atom is -0.479 e. The molecular weight excluding hydrogens is 304 g/mol. The van der Waals surface area contributed by atoms with Crippen LogP contribution in [0.3, 0.4) is 0 Å². The lowest BCUT2D eigenvalue weighted by Gasteiger charge is -2.18. The number of rotatable bonds is 15. The second-order valence-electron chi connectivity index (χ2n) is 5.79. The largest absolute Gasteiger partial charge is 0.479 e. The third-order valence-electron chi connectivity index (χ3n) is 3.64. The van der Waals surface area contributed by atoms with E-state index < -0.39 is 30.3 Å². The summed E-state index contributed by atoms with van der Waals surface area (Å²) in [5.41, 5.74) is 0. The van der Waals surface area contributed by atoms with Crippen molar-refractivity contribution in [2.75, 3.05) is 6.61 Å². The van der Waals surface area contributed by atoms with Crippen molar-refractivity contribution in [3.05, 3.63) is 0 Å². The fourth-order valence-corrected chi connectivity index (χ4v) is 2.24. The van der Waals surface area contributed by atoms with Gasteiger partial charge in [-0.1, -0.05) is 58.3 Å². The van der Waals surface area contributed by atoms with Crippen molar-refractivity contribution in [2.24, 2.45) is 0 Å². The number of aliphatic carboxylic acids is 2. The predicted molar refractivity (Wildman–Crippen MR) is 84.3 cm³/mol. The molecule has 0 aromatic carbocycles. The second kappa shape index (κ2) is 13.3. The van der Waals surface area contributed by atoms with E-state index >= 15 is 0 Å². The van der Waals surface area contributed by atoms with Crippen LogP contribution in [-0.2, 0) is 14.3 Å². The quantitative estimate of drug-likeness (QED) is 0.336. The monoisotopic (exact) mass is 334 g/mol. The molecule has 4 N–H and O–H groups in total. The molecule has 0 amide bonds. The fraction of sp³-hybridized carbons (Fsp3) is 0.875. The molecule has 0 aliphatic heterocycles. The molecule has 0 aromatic heterocycles. The highest BCUT2D eigenvalue weighted by Gasteiger charge is 2.33. The van der Waals surface area contributed by atoms with E-state index in [1.54, 1.807) is 0 Å². The van der Waals surface area contributed by atoms with E-state index in [0.717, 1.165) is 19.3 Å². The van der Waals surface area contributed by atoms with Crippen LogP contribution < -0.4 is 0 Å². The van der Waals surface area contributed by atoms with Crippen molar-refractivity contribution in [3.8, 4) is 0 Å². The normalized spacial score (nSPS) is 15.1. The molecule has 3 atom stereocenters. The Morgan fingerprint density at radius 2 is 1.39 bits per heavy atom. The molecule has 0 aliphatic rings. The van der Waals surface area contributed by atoms with Crippen LogP contribution in [0.1, 0.15) is 64.7 Å². The third kappa shape index (κ3) is 11.1. The Labute approximate surface area is 137 Å². The van der Waals surface area contributed by atoms with Gasteiger partial charge >= 0.3 is 11.9 Å². The summed E-state index contributed by atoms with van der Waals surface area (Å²) in [4.78, 5) is 21.4. The van der Waals surface area contributed by atoms with Gasteiger partial charge in [-0.2, -0.15) is 0 Å². The minimum atomic E-state index is -2.15. The van der Waals surface area contributed by atoms with Crippen molar-refractivity contribution < 1.29 is 34.8 Å². The number of carboxylic acids is 2. The summed E-state index contributed by atoms with van der Waals surface area (Å²) < 4.78 is 4.83. The second-order valence-corrected chi connectivity index (χ2v) is 5.79. The van der Waals surface area contributed by atoms with Crippen LogP contribution in [0.2, 0.25) is 0 Å². The van der Waals surface area contributed by atoms with Crippen LogP contribution in [0, 0.1) is 0 Å². The van der Waals surface area contributed by atoms with Crippen LogP contribution in [0.25, 0.3) is 0 Å². The van der Waals surface area contributed by atoms with Crippen LogP contribution in [-0.4, -0.2) is 57.3 Å². The molecule has 0 spiro atoms. The Bertz CT molecular complexity index is 332. The van der Waals surface area contributed by atoms with Crippen molar-refractivity contribution in [1.82, 2.24) is 0 Å². The van der Waals surface area contributed by atoms with Crippen LogP contribution in [0.4, 0.5) is 0 Å². The molecule has 0 bridgehead atoms. The van der Waals surface area contributed by atoms with E-state index in [-0.39, 0.29) is 6.61 Å². The molecule has 0 radical (unpaired) electrons. The Morgan fingerprint density at radius 3 is 1.87 bits per heavy atom. The van der Waals surface area contributed by atoms with Crippen molar-refractivity contribution in [1.29, 1.82) is 0 Å². The Hall–Kier alpha value is -1.18. The first-order valence-electron chi connectivity index (χ1n) is 8.33. The Kier molecular flexibility index (Phi) is 12.6. The topological polar surface area (TPSA) is 124 Å². The summed E-state index contributed by atoms with van der Waals surface area (Å²) in [6.45, 7) is 1.87. The maximum Gasteiger partial charge on any atom is 0.336 e. The lowest BCUT2D eigenvalue weighted by atomic mass is 10.1. The van der Waals surface area contributed by atoms with Gasteiger partial charge in [0.2, 0.25) is 0 Å². The number of ether oxygens (including phenoxy) is 1. The third-order valence-corrected chi connectivity index (χ3v) is 3.64. The van der Waals surface area contributed by atoms with Gasteiger partial charge in [0, 0.05) is 0 Å². The number of aliphatic hydroxyl groups excluding tert-OH is 2. The molecule has 0 aliphatic carbocycles. The molecule has 0 rings (SSSR count). The van der Waals surface area contributed by atoms with E-state index in [1.165, 1.54) is 32.1 Å². The van der Waals surface area contributed by atoms with Crippen molar-refractivity contribution in [3.63, 3.8) is 0 Å². The molecule has 0 heterocycles. The van der Waals surface area contributed by atoms with Crippen molar-refractivity contribution in [2.45, 2.75) is 83.0 Å². The average Bonchev–Trinajstić information content (AvgIpc) is 2.49. The van der Waals surface area contributed by atoms with E-state index in [9.17, 15) is 19.8 Å². The number of carboxylic acid groups (broad SMARTS) is 2. The highest BCUT2D eigenvalue weighted by atomic mass is 16.5. The summed E-state index contributed by atoms with van der Waals surface area (Å²) in [6, 6.07) is 0. The zero-order valence-corrected chi connectivity index (χ0v) is 13.8. The van der Waals surface area contributed by atoms with Gasteiger partial charge in [0.05, 0.1) is 12.7 Å². The average molecular weight is 334 g/mol. The molecule has 7 nitrogen and oxygen atoms in total. The van der Waals surface area contributed by atoms with E-state index in [4.69, 9.17) is 14.9 Å². The molecule has 0 saturated heterocycles. The van der Waals surface area contributed by atoms with Crippen LogP contribution >= 0.6 is 0 Å². The zero-order chi connectivity index (χ0) is 17.7. The number of carbonyl (C=O) groups is 2. The lowest BCUT2D eigenvalue weighted by molar-refractivity contribution is -0.173. The first-order chi connectivity index (χ1) is 10.9. The summed E-state index contributed by atoms with van der Waals surface area (Å²) >= 11 is 0. The molecule has 3 unspecified atom stereocenters. The number of unbranched alkanes of at least 4 members (excludes halogenated alkanes) is 7. The molecule has 23 heavy (non-hydrogen) atoms. The minimum absolute atomic E-state index is 0.308. The molecular formula is C16H30O7. The fourth-order valence-electron chi connectivity index (χ4n) is 2.24. The zero-order valence-electron chi connectivity index (χ0n) is 13.8. The predicted octanol–water partition coefficient (Wildman–Crippen LogP) is 1.79. The lowest BCUT2D eigenvalue weighted by Crippen LogP contribution is -2.43. The standard InChI is InChI=1S/C16H30O7/c1-2-3-4-5-6-7-8-9-10-12(17)11-23-14(16(21)22)13(18)15(19)20/h12-14,17-18H,2-11H2,1H3,(H,19,20)(H,21,22). The van der Waals surface area contributed by atoms with E-state index in [2.05, 4.69) is 6.92 Å². The van der Waals surface area contributed by atoms with Crippen LogP contribution in [0.15, 0.2) is 0 Å². The molecule has 0 aromatic rings. The van der Waals surface area contributed by atoms with Gasteiger partial charge in [0.15, 0.2) is 12.2 Å². The first-order valence-corrected chi connectivity index (χ1v) is 8.33. The maximum absolute atomic E-state index is 10.8. The van der Waals surface area contributed by atoms with Gasteiger partial charge in [-0.05, 0) is 6.42 Å². The van der Waals surface area contributed by atoms with Gasteiger partial charge in [0.25, 0.3) is 0 Å². The molecule has 0 saturated carbocycles. The Morgan fingerprint density at radius 1 is 0.870 bits per heavy atom. The maximum atomic E-state index is 10.8. The van der Waals surface area contributed by atoms with Crippen LogP contribution in [0.5, 0.6) is 0 Å². The summed E-state index contributed by atoms with van der Waals surface area (Å²) in [6.07, 6.45) is 4.63. The highest BCUT2D eigenvalue weighted by molar-refractivity contribution is 5.83. The highest BCUT2D eigenvalue weighted by Crippen LogP contribution is 2.11. The number of hydrogen-bond donors (Lipinski definition) is 4. The van der Waals surface area contributed by atoms with Gasteiger partial charge in [-0.3, -0.25) is 0 Å². The number of aliphatic hydroxyl groups is 2. The summed E-state index contributed by atoms with van der Waals surface area (Å²) in [7, 11) is 0. The van der Waals surface area contributed by atoms with Gasteiger partial charge in [0.1, 0.15) is 0 Å². The molecule has 136 valence electrons. The number of hydrogen-bond acceptors (Lipinski definition) is 5. The van der Waals surface area contributed by atoms with E-state index in [0.29, 0.717) is 6.42 Å². The van der Waals surface area contributed by atoms with Crippen molar-refractivity contribution >= 4 is 11.9 Å². The van der Waals surface area contributed by atoms with Gasteiger partial charge < -0.3 is 25.2 Å². The SMILES string of the molecule is CCCCCCCCCCC(O)COC(C(=O)O)C(O)C(=O)O.